The van der Waals surface area contributed by atoms with Crippen molar-refractivity contribution in [3.63, 3.8) is 0 Å². The number of hydrogen-bond donors (Lipinski definition) is 2. The van der Waals surface area contributed by atoms with Crippen molar-refractivity contribution in [3.8, 4) is 11.3 Å². The molecule has 190 valence electrons. The number of thiophene rings is 1. The van der Waals surface area contributed by atoms with Crippen LogP contribution in [-0.4, -0.2) is 62.2 Å². The van der Waals surface area contributed by atoms with E-state index in [2.05, 4.69) is 60.3 Å². The quantitative estimate of drug-likeness (QED) is 0.403. The Labute approximate surface area is 214 Å². The van der Waals surface area contributed by atoms with E-state index in [-0.39, 0.29) is 11.9 Å². The molecule has 2 N–H and O–H groups in total. The number of amides is 1. The Morgan fingerprint density at radius 3 is 2.72 bits per heavy atom. The van der Waals surface area contributed by atoms with E-state index in [1.54, 1.807) is 6.33 Å². The predicted molar refractivity (Wildman–Crippen MR) is 142 cm³/mol. The minimum atomic E-state index is -0.907. The molecule has 0 spiro atoms. The Balaban J connectivity index is 1.29. The number of piperidine rings is 1. The van der Waals surface area contributed by atoms with E-state index in [0.29, 0.717) is 24.8 Å². The van der Waals surface area contributed by atoms with Crippen molar-refractivity contribution in [2.24, 2.45) is 0 Å². The molecule has 2 aliphatic rings. The van der Waals surface area contributed by atoms with E-state index < -0.39 is 6.17 Å². The largest absolute Gasteiger partial charge is 0.346 e. The maximum atomic E-state index is 13.6. The van der Waals surface area contributed by atoms with Crippen LogP contribution >= 0.6 is 11.3 Å². The molecule has 2 atom stereocenters. The van der Waals surface area contributed by atoms with Gasteiger partial charge in [0, 0.05) is 48.1 Å². The molecule has 0 aliphatic carbocycles. The smallest absolute Gasteiger partial charge is 0.239 e. The molecule has 6 heterocycles. The van der Waals surface area contributed by atoms with Crippen LogP contribution in [0.4, 0.5) is 4.39 Å². The highest BCUT2D eigenvalue weighted by molar-refractivity contribution is 7.19. The number of aromatic nitrogens is 4. The lowest BCUT2D eigenvalue weighted by molar-refractivity contribution is -0.134. The molecular weight excluding hydrogens is 475 g/mol. The second-order valence-electron chi connectivity index (χ2n) is 10.7. The number of nitrogens with one attached hydrogen (secondary N) is 2. The first-order chi connectivity index (χ1) is 17.3. The zero-order valence-corrected chi connectivity index (χ0v) is 22.1. The summed E-state index contributed by atoms with van der Waals surface area (Å²) in [5.74, 6) is 0.872. The van der Waals surface area contributed by atoms with Crippen LogP contribution in [0.25, 0.3) is 27.1 Å². The fourth-order valence-electron chi connectivity index (χ4n) is 6.14. The van der Waals surface area contributed by atoms with Gasteiger partial charge in [-0.3, -0.25) is 4.79 Å². The third-order valence-corrected chi connectivity index (χ3v) is 9.31. The Morgan fingerprint density at radius 1 is 1.25 bits per heavy atom. The maximum Gasteiger partial charge on any atom is 0.239 e. The molecule has 2 fully saturated rings. The summed E-state index contributed by atoms with van der Waals surface area (Å²) in [6.45, 7) is 10.6. The summed E-state index contributed by atoms with van der Waals surface area (Å²) in [6, 6.07) is 1.84. The van der Waals surface area contributed by atoms with E-state index >= 15 is 0 Å². The van der Waals surface area contributed by atoms with Crippen molar-refractivity contribution >= 4 is 33.1 Å². The molecule has 1 amide bonds. The number of aromatic amines is 1. The number of likely N-dealkylation sites (tertiary alicyclic amines) is 1. The van der Waals surface area contributed by atoms with Crippen LogP contribution in [0.3, 0.4) is 0 Å². The molecule has 0 radical (unpaired) electrons. The molecule has 0 bridgehead atoms. The van der Waals surface area contributed by atoms with Gasteiger partial charge in [0.05, 0.1) is 11.7 Å². The molecule has 2 aliphatic heterocycles. The Hall–Kier alpha value is -2.78. The molecule has 0 unspecified atom stereocenters. The standard InChI is InChI=1S/C27H33FN6OS/c1-14(2)21-22-16(4)24(17-5-7-33(8-6-17)27(35)20-10-19(28)11-29-20)36-26(22)32-23(21)18-9-15(3)25-30-13-31-34(25)12-18/h9,12-14,17,19-20,29,32H,5-8,10-11H2,1-4H3/t19-,20+/m1/s1. The van der Waals surface area contributed by atoms with Crippen LogP contribution < -0.4 is 5.32 Å². The van der Waals surface area contributed by atoms with Gasteiger partial charge in [0.2, 0.25) is 5.91 Å². The topological polar surface area (TPSA) is 78.3 Å². The molecule has 2 saturated heterocycles. The predicted octanol–water partition coefficient (Wildman–Crippen LogP) is 5.09. The van der Waals surface area contributed by atoms with Gasteiger partial charge in [0.15, 0.2) is 5.65 Å². The molecule has 0 saturated carbocycles. The van der Waals surface area contributed by atoms with E-state index in [1.165, 1.54) is 26.2 Å². The van der Waals surface area contributed by atoms with Gasteiger partial charge in [-0.25, -0.2) is 13.9 Å². The van der Waals surface area contributed by atoms with Gasteiger partial charge in [0.1, 0.15) is 17.3 Å². The maximum absolute atomic E-state index is 13.6. The van der Waals surface area contributed by atoms with Crippen LogP contribution in [0.1, 0.15) is 66.5 Å². The molecule has 6 rings (SSSR count). The SMILES string of the molecule is Cc1c(C2CCN(C(=O)[C@@H]3C[C@@H](F)CN3)CC2)sc2[nH]c(-c3cc(C)c4ncnn4c3)c(C(C)C)c12. The van der Waals surface area contributed by atoms with Crippen molar-refractivity contribution in [1.82, 2.24) is 29.8 Å². The van der Waals surface area contributed by atoms with Gasteiger partial charge in [-0.05, 0) is 61.3 Å². The second-order valence-corrected chi connectivity index (χ2v) is 11.7. The first-order valence-corrected chi connectivity index (χ1v) is 13.7. The van der Waals surface area contributed by atoms with Gasteiger partial charge >= 0.3 is 0 Å². The van der Waals surface area contributed by atoms with Gasteiger partial charge < -0.3 is 15.2 Å². The van der Waals surface area contributed by atoms with Crippen molar-refractivity contribution in [1.29, 1.82) is 0 Å². The van der Waals surface area contributed by atoms with Crippen LogP contribution in [0, 0.1) is 13.8 Å². The zero-order chi connectivity index (χ0) is 25.1. The first kappa shape index (κ1) is 23.6. The third-order valence-electron chi connectivity index (χ3n) is 7.94. The Kier molecular flexibility index (Phi) is 5.87. The van der Waals surface area contributed by atoms with E-state index in [9.17, 15) is 9.18 Å². The highest BCUT2D eigenvalue weighted by atomic mass is 32.1. The molecule has 4 aromatic heterocycles. The number of fused-ring (bicyclic) bond motifs is 2. The number of halogens is 1. The van der Waals surface area contributed by atoms with E-state index in [0.717, 1.165) is 48.4 Å². The number of aryl methyl sites for hydroxylation is 2. The van der Waals surface area contributed by atoms with Crippen LogP contribution in [-0.2, 0) is 4.79 Å². The highest BCUT2D eigenvalue weighted by Gasteiger charge is 2.35. The summed E-state index contributed by atoms with van der Waals surface area (Å²) in [7, 11) is 0. The van der Waals surface area contributed by atoms with Crippen molar-refractivity contribution in [2.45, 2.75) is 71.0 Å². The van der Waals surface area contributed by atoms with Gasteiger partial charge in [0.25, 0.3) is 0 Å². The number of hydrogen-bond acceptors (Lipinski definition) is 5. The summed E-state index contributed by atoms with van der Waals surface area (Å²) in [4.78, 5) is 25.5. The number of H-pyrrole nitrogens is 1. The molecule has 36 heavy (non-hydrogen) atoms. The van der Waals surface area contributed by atoms with Crippen LogP contribution in [0.15, 0.2) is 18.6 Å². The summed E-state index contributed by atoms with van der Waals surface area (Å²) in [6.07, 6.45) is 4.96. The third kappa shape index (κ3) is 3.84. The Bertz CT molecular complexity index is 1440. The summed E-state index contributed by atoms with van der Waals surface area (Å²) < 4.78 is 15.4. The average molecular weight is 509 g/mol. The monoisotopic (exact) mass is 508 g/mol. The van der Waals surface area contributed by atoms with E-state index in [4.69, 9.17) is 0 Å². The average Bonchev–Trinajstić information content (AvgIpc) is 3.63. The molecular formula is C27H33FN6OS. The fraction of sp³-hybridized carbons (Fsp3) is 0.519. The lowest BCUT2D eigenvalue weighted by atomic mass is 9.90. The van der Waals surface area contributed by atoms with Gasteiger partial charge in [-0.2, -0.15) is 5.10 Å². The first-order valence-electron chi connectivity index (χ1n) is 12.9. The summed E-state index contributed by atoms with van der Waals surface area (Å²) in [5.41, 5.74) is 6.99. The summed E-state index contributed by atoms with van der Waals surface area (Å²) in [5, 5.41) is 8.75. The molecule has 7 nitrogen and oxygen atoms in total. The minimum absolute atomic E-state index is 0.0648. The lowest BCUT2D eigenvalue weighted by Gasteiger charge is -2.33. The van der Waals surface area contributed by atoms with Crippen molar-refractivity contribution in [2.75, 3.05) is 19.6 Å². The van der Waals surface area contributed by atoms with Crippen LogP contribution in [0.5, 0.6) is 0 Å². The lowest BCUT2D eigenvalue weighted by Crippen LogP contribution is -2.46. The minimum Gasteiger partial charge on any atom is -0.346 e. The number of alkyl halides is 1. The molecule has 4 aromatic rings. The molecule has 9 heteroatoms. The zero-order valence-electron chi connectivity index (χ0n) is 21.3. The van der Waals surface area contributed by atoms with Crippen molar-refractivity contribution < 1.29 is 9.18 Å². The number of rotatable bonds is 4. The molecule has 0 aromatic carbocycles. The number of nitrogens with zero attached hydrogens (tertiary/aromatic N) is 4. The normalized spacial score (nSPS) is 21.4. The van der Waals surface area contributed by atoms with E-state index in [1.807, 2.05) is 20.8 Å². The van der Waals surface area contributed by atoms with Crippen molar-refractivity contribution in [3.05, 3.63) is 40.2 Å². The summed E-state index contributed by atoms with van der Waals surface area (Å²) >= 11 is 1.87. The highest BCUT2D eigenvalue weighted by Crippen LogP contribution is 2.46. The van der Waals surface area contributed by atoms with Gasteiger partial charge in [-0.15, -0.1) is 11.3 Å². The van der Waals surface area contributed by atoms with Gasteiger partial charge in [-0.1, -0.05) is 13.8 Å². The second kappa shape index (κ2) is 8.95. The fourth-order valence-corrected chi connectivity index (χ4v) is 7.53. The number of pyridine rings is 1. The Morgan fingerprint density at radius 2 is 2.03 bits per heavy atom. The van der Waals surface area contributed by atoms with Crippen LogP contribution in [0.2, 0.25) is 0 Å². The number of carbonyl (C=O) groups is 1. The number of carbonyl (C=O) groups excluding carboxylic acids is 1.